The standard InChI is InChI=1S/C25H23FN2O2/c26-21-9-5-4-8-18(21)17-10-11-22-20(14-17)24-19(23(15-29)27-22)12-13-28(24)25(30)16-6-2-1-3-7-16/h1-11,14,19,23-24,27,29H,12-13,15H2/t19-,23-,24-/m0/s1. The second kappa shape index (κ2) is 7.58. The molecule has 30 heavy (non-hydrogen) atoms. The molecule has 5 rings (SSSR count). The minimum Gasteiger partial charge on any atom is -0.394 e. The minimum absolute atomic E-state index is 0.00301. The van der Waals surface area contributed by atoms with E-state index in [9.17, 15) is 14.3 Å². The molecule has 0 spiro atoms. The zero-order chi connectivity index (χ0) is 20.7. The Balaban J connectivity index is 1.59. The number of hydrogen-bond donors (Lipinski definition) is 2. The Morgan fingerprint density at radius 3 is 2.60 bits per heavy atom. The predicted molar refractivity (Wildman–Crippen MR) is 115 cm³/mol. The van der Waals surface area contributed by atoms with Crippen LogP contribution >= 0.6 is 0 Å². The van der Waals surface area contributed by atoms with Crippen molar-refractivity contribution in [1.82, 2.24) is 4.90 Å². The van der Waals surface area contributed by atoms with Gasteiger partial charge in [0.25, 0.3) is 5.91 Å². The van der Waals surface area contributed by atoms with Crippen molar-refractivity contribution in [3.63, 3.8) is 0 Å². The molecule has 0 unspecified atom stereocenters. The van der Waals surface area contributed by atoms with Gasteiger partial charge in [-0.25, -0.2) is 4.39 Å². The molecule has 0 bridgehead atoms. The number of hydrogen-bond acceptors (Lipinski definition) is 3. The SMILES string of the molecule is O=C(c1ccccc1)N1CC[C@H]2[C@H](CO)Nc3ccc(-c4ccccc4F)cc3[C@H]21. The van der Waals surface area contributed by atoms with Gasteiger partial charge in [-0.1, -0.05) is 42.5 Å². The number of nitrogens with one attached hydrogen (secondary N) is 1. The Morgan fingerprint density at radius 1 is 1.07 bits per heavy atom. The van der Waals surface area contributed by atoms with Crippen LogP contribution in [0, 0.1) is 11.7 Å². The van der Waals surface area contributed by atoms with Crippen molar-refractivity contribution in [3.05, 3.63) is 89.7 Å². The molecule has 0 saturated carbocycles. The molecule has 2 heterocycles. The highest BCUT2D eigenvalue weighted by Gasteiger charge is 2.45. The summed E-state index contributed by atoms with van der Waals surface area (Å²) in [5, 5.41) is 13.4. The van der Waals surface area contributed by atoms with Crippen LogP contribution in [0.2, 0.25) is 0 Å². The van der Waals surface area contributed by atoms with E-state index in [-0.39, 0.29) is 36.3 Å². The molecule has 152 valence electrons. The number of rotatable bonds is 3. The average Bonchev–Trinajstić information content (AvgIpc) is 3.24. The van der Waals surface area contributed by atoms with Gasteiger partial charge in [-0.3, -0.25) is 4.79 Å². The highest BCUT2D eigenvalue weighted by atomic mass is 19.1. The van der Waals surface area contributed by atoms with Gasteiger partial charge in [-0.2, -0.15) is 0 Å². The first-order valence-corrected chi connectivity index (χ1v) is 10.3. The third-order valence-electron chi connectivity index (χ3n) is 6.34. The summed E-state index contributed by atoms with van der Waals surface area (Å²) < 4.78 is 14.4. The zero-order valence-electron chi connectivity index (χ0n) is 16.5. The van der Waals surface area contributed by atoms with E-state index < -0.39 is 0 Å². The molecule has 1 saturated heterocycles. The molecular weight excluding hydrogens is 379 g/mol. The summed E-state index contributed by atoms with van der Waals surface area (Å²) in [5.41, 5.74) is 3.85. The number of halogens is 1. The molecule has 3 aromatic carbocycles. The minimum atomic E-state index is -0.269. The number of carbonyl (C=O) groups excluding carboxylic acids is 1. The molecule has 4 nitrogen and oxygen atoms in total. The lowest BCUT2D eigenvalue weighted by Gasteiger charge is -2.39. The Bertz CT molecular complexity index is 1090. The predicted octanol–water partition coefficient (Wildman–Crippen LogP) is 4.48. The van der Waals surface area contributed by atoms with Crippen LogP contribution in [0.3, 0.4) is 0 Å². The van der Waals surface area contributed by atoms with E-state index in [4.69, 9.17) is 0 Å². The number of fused-ring (bicyclic) bond motifs is 3. The van der Waals surface area contributed by atoms with E-state index in [0.29, 0.717) is 17.7 Å². The van der Waals surface area contributed by atoms with E-state index in [1.807, 2.05) is 59.5 Å². The smallest absolute Gasteiger partial charge is 0.254 e. The van der Waals surface area contributed by atoms with Gasteiger partial charge in [-0.15, -0.1) is 0 Å². The molecule has 2 N–H and O–H groups in total. The molecule has 0 radical (unpaired) electrons. The summed E-state index contributed by atoms with van der Waals surface area (Å²) in [6.45, 7) is 0.633. The molecule has 3 aromatic rings. The summed E-state index contributed by atoms with van der Waals surface area (Å²) in [5.74, 6) is -0.176. The lowest BCUT2D eigenvalue weighted by atomic mass is 9.82. The number of aliphatic hydroxyl groups is 1. The molecule has 0 aromatic heterocycles. The van der Waals surface area contributed by atoms with E-state index in [1.165, 1.54) is 6.07 Å². The van der Waals surface area contributed by atoms with Crippen molar-refractivity contribution in [3.8, 4) is 11.1 Å². The van der Waals surface area contributed by atoms with Gasteiger partial charge < -0.3 is 15.3 Å². The van der Waals surface area contributed by atoms with Gasteiger partial charge >= 0.3 is 0 Å². The van der Waals surface area contributed by atoms with Gasteiger partial charge in [0.1, 0.15) is 5.82 Å². The maximum Gasteiger partial charge on any atom is 0.254 e. The topological polar surface area (TPSA) is 52.6 Å². The fourth-order valence-electron chi connectivity index (χ4n) is 4.90. The van der Waals surface area contributed by atoms with Gasteiger partial charge in [-0.05, 0) is 47.9 Å². The maximum atomic E-state index is 14.4. The van der Waals surface area contributed by atoms with Crippen molar-refractivity contribution in [1.29, 1.82) is 0 Å². The lowest BCUT2D eigenvalue weighted by Crippen LogP contribution is -2.42. The highest BCUT2D eigenvalue weighted by molar-refractivity contribution is 5.95. The number of carbonyl (C=O) groups is 1. The number of aliphatic hydroxyl groups excluding tert-OH is 1. The summed E-state index contributed by atoms with van der Waals surface area (Å²) in [7, 11) is 0. The second-order valence-corrected chi connectivity index (χ2v) is 7.98. The van der Waals surface area contributed by atoms with E-state index >= 15 is 0 Å². The summed E-state index contributed by atoms with van der Waals surface area (Å²) >= 11 is 0. The monoisotopic (exact) mass is 402 g/mol. The van der Waals surface area contributed by atoms with Crippen LogP contribution in [0.4, 0.5) is 10.1 Å². The summed E-state index contributed by atoms with van der Waals surface area (Å²) in [6.07, 6.45) is 0.810. The molecule has 3 atom stereocenters. The molecule has 1 amide bonds. The summed E-state index contributed by atoms with van der Waals surface area (Å²) in [4.78, 5) is 15.2. The highest BCUT2D eigenvalue weighted by Crippen LogP contribution is 2.47. The Morgan fingerprint density at radius 2 is 1.83 bits per heavy atom. The van der Waals surface area contributed by atoms with Gasteiger partial charge in [0.2, 0.25) is 0 Å². The fourth-order valence-corrected chi connectivity index (χ4v) is 4.90. The van der Waals surface area contributed by atoms with Crippen LogP contribution in [0.5, 0.6) is 0 Å². The average molecular weight is 402 g/mol. The summed E-state index contributed by atoms with van der Waals surface area (Å²) in [6, 6.07) is 21.5. The number of amides is 1. The third-order valence-corrected chi connectivity index (χ3v) is 6.34. The molecule has 0 aliphatic carbocycles. The number of likely N-dealkylation sites (tertiary alicyclic amines) is 1. The third kappa shape index (κ3) is 3.06. The molecule has 1 fully saturated rings. The molecule has 2 aliphatic rings. The van der Waals surface area contributed by atoms with Gasteiger partial charge in [0.05, 0.1) is 18.7 Å². The van der Waals surface area contributed by atoms with Crippen LogP contribution < -0.4 is 5.32 Å². The number of benzene rings is 3. The molecular formula is C25H23FN2O2. The Hall–Kier alpha value is -3.18. The maximum absolute atomic E-state index is 14.4. The first kappa shape index (κ1) is 18.8. The normalized spacial score (nSPS) is 22.2. The van der Waals surface area contributed by atoms with Crippen LogP contribution in [-0.2, 0) is 0 Å². The van der Waals surface area contributed by atoms with Gasteiger partial charge in [0, 0.05) is 29.3 Å². The van der Waals surface area contributed by atoms with Crippen LogP contribution in [0.25, 0.3) is 11.1 Å². The van der Waals surface area contributed by atoms with Crippen molar-refractivity contribution >= 4 is 11.6 Å². The van der Waals surface area contributed by atoms with Gasteiger partial charge in [0.15, 0.2) is 0 Å². The largest absolute Gasteiger partial charge is 0.394 e. The molecule has 2 aliphatic heterocycles. The van der Waals surface area contributed by atoms with Crippen LogP contribution in [0.15, 0.2) is 72.8 Å². The first-order chi connectivity index (χ1) is 14.7. The quantitative estimate of drug-likeness (QED) is 0.679. The zero-order valence-corrected chi connectivity index (χ0v) is 16.5. The van der Waals surface area contributed by atoms with Crippen molar-refractivity contribution in [2.24, 2.45) is 5.92 Å². The van der Waals surface area contributed by atoms with E-state index in [1.54, 1.807) is 12.1 Å². The second-order valence-electron chi connectivity index (χ2n) is 7.98. The first-order valence-electron chi connectivity index (χ1n) is 10.3. The van der Waals surface area contributed by atoms with Crippen molar-refractivity contribution in [2.45, 2.75) is 18.5 Å². The number of nitrogens with zero attached hydrogens (tertiary/aromatic N) is 1. The Kier molecular flexibility index (Phi) is 4.75. The van der Waals surface area contributed by atoms with Crippen molar-refractivity contribution < 1.29 is 14.3 Å². The number of anilines is 1. The van der Waals surface area contributed by atoms with E-state index in [2.05, 4.69) is 5.32 Å². The van der Waals surface area contributed by atoms with Crippen molar-refractivity contribution in [2.75, 3.05) is 18.5 Å². The molecule has 5 heteroatoms. The fraction of sp³-hybridized carbons (Fsp3) is 0.240. The Labute approximate surface area is 175 Å². The van der Waals surface area contributed by atoms with Crippen LogP contribution in [-0.4, -0.2) is 35.1 Å². The lowest BCUT2D eigenvalue weighted by molar-refractivity contribution is 0.0701. The van der Waals surface area contributed by atoms with Crippen LogP contribution in [0.1, 0.15) is 28.4 Å². The van der Waals surface area contributed by atoms with E-state index in [0.717, 1.165) is 23.2 Å².